The Balaban J connectivity index is 0. The van der Waals surface area contributed by atoms with Gasteiger partial charge in [-0.3, -0.25) is 0 Å². The van der Waals surface area contributed by atoms with Gasteiger partial charge in [0.2, 0.25) is 0 Å². The first kappa shape index (κ1) is 24.7. The van der Waals surface area contributed by atoms with Crippen LogP contribution in [0.1, 0.15) is 103 Å². The molecule has 0 rings (SSSR count). The number of aliphatic hydroxyl groups is 1. The molecule has 0 amide bonds. The maximum atomic E-state index is 10.3. The molecule has 0 saturated heterocycles. The molecular weight excluding hydrogens is 287 g/mol. The van der Waals surface area contributed by atoms with Crippen molar-refractivity contribution < 1.29 is 44.6 Å². The van der Waals surface area contributed by atoms with E-state index < -0.39 is 12.1 Å². The van der Waals surface area contributed by atoms with E-state index in [1.165, 1.54) is 70.6 Å². The second-order valence-electron chi connectivity index (χ2n) is 6.26. The van der Waals surface area contributed by atoms with E-state index >= 15 is 0 Å². The quantitative estimate of drug-likeness (QED) is 0.340. The number of hydrogen-bond acceptors (Lipinski definition) is 3. The smallest absolute Gasteiger partial charge is 0.550 e. The number of aliphatic hydroxyl groups excluding tert-OH is 1. The zero-order valence-corrected chi connectivity index (χ0v) is 16.9. The molecule has 0 aliphatic carbocycles. The molecule has 0 aromatic heterocycles. The molecule has 0 aromatic carbocycles. The van der Waals surface area contributed by atoms with Crippen molar-refractivity contribution in [1.29, 1.82) is 0 Å². The van der Waals surface area contributed by atoms with Gasteiger partial charge in [-0.15, -0.1) is 0 Å². The number of hydrogen-bond donors (Lipinski definition) is 1. The van der Waals surface area contributed by atoms with Gasteiger partial charge >= 0.3 is 29.6 Å². The normalized spacial score (nSPS) is 11.9. The van der Waals surface area contributed by atoms with Crippen LogP contribution < -0.4 is 34.7 Å². The first-order valence-electron chi connectivity index (χ1n) is 9.04. The summed E-state index contributed by atoms with van der Waals surface area (Å²) >= 11 is 0. The number of carboxylic acids is 1. The fourth-order valence-electron chi connectivity index (χ4n) is 2.69. The van der Waals surface area contributed by atoms with Crippen LogP contribution in [-0.4, -0.2) is 17.2 Å². The molecule has 0 aliphatic heterocycles. The number of unbranched alkanes of at least 4 members (excludes halogenated alkanes) is 12. The van der Waals surface area contributed by atoms with Crippen LogP contribution in [0.25, 0.3) is 0 Å². The molecule has 3 nitrogen and oxygen atoms in total. The first-order valence-corrected chi connectivity index (χ1v) is 9.04. The second kappa shape index (κ2) is 19.5. The Morgan fingerprint density at radius 3 is 1.55 bits per heavy atom. The topological polar surface area (TPSA) is 60.4 Å². The first-order chi connectivity index (χ1) is 10.2. The average Bonchev–Trinajstić information content (AvgIpc) is 2.43. The fraction of sp³-hybridized carbons (Fsp3) is 0.944. The van der Waals surface area contributed by atoms with Gasteiger partial charge in [0.15, 0.2) is 0 Å². The predicted molar refractivity (Wildman–Crippen MR) is 85.9 cm³/mol. The Bertz CT molecular complexity index is 234. The molecule has 0 heterocycles. The number of aliphatic carboxylic acids is 1. The predicted octanol–water partition coefficient (Wildman–Crippen LogP) is 0.973. The summed E-state index contributed by atoms with van der Waals surface area (Å²) in [6.07, 6.45) is 16.5. The van der Waals surface area contributed by atoms with Crippen molar-refractivity contribution in [2.45, 2.75) is 109 Å². The van der Waals surface area contributed by atoms with Crippen molar-refractivity contribution in [3.63, 3.8) is 0 Å². The summed E-state index contributed by atoms with van der Waals surface area (Å²) in [5.74, 6) is -1.16. The third kappa shape index (κ3) is 20.4. The van der Waals surface area contributed by atoms with Crippen LogP contribution >= 0.6 is 0 Å². The molecule has 0 aromatic rings. The average molecular weight is 322 g/mol. The van der Waals surface area contributed by atoms with E-state index in [-0.39, 0.29) is 36.0 Å². The summed E-state index contributed by atoms with van der Waals surface area (Å²) in [5.41, 5.74) is 0. The van der Waals surface area contributed by atoms with E-state index in [2.05, 4.69) is 6.92 Å². The summed E-state index contributed by atoms with van der Waals surface area (Å²) < 4.78 is 0. The van der Waals surface area contributed by atoms with Crippen LogP contribution in [-0.2, 0) is 4.79 Å². The van der Waals surface area contributed by atoms with E-state index in [9.17, 15) is 15.0 Å². The molecule has 1 N–H and O–H groups in total. The van der Waals surface area contributed by atoms with E-state index in [0.717, 1.165) is 12.8 Å². The van der Waals surface area contributed by atoms with Crippen LogP contribution in [0.2, 0.25) is 0 Å². The van der Waals surface area contributed by atoms with Gasteiger partial charge < -0.3 is 15.0 Å². The van der Waals surface area contributed by atoms with Crippen molar-refractivity contribution in [3.8, 4) is 0 Å². The summed E-state index contributed by atoms with van der Waals surface area (Å²) in [5, 5.41) is 19.6. The Kier molecular flexibility index (Phi) is 21.8. The van der Waals surface area contributed by atoms with Gasteiger partial charge in [-0.1, -0.05) is 90.4 Å². The Labute approximate surface area is 159 Å². The zero-order chi connectivity index (χ0) is 15.8. The van der Waals surface area contributed by atoms with Crippen LogP contribution in [0.3, 0.4) is 0 Å². The molecule has 4 heteroatoms. The molecule has 0 aliphatic rings. The molecule has 1 atom stereocenters. The fourth-order valence-corrected chi connectivity index (χ4v) is 2.69. The number of carbonyl (C=O) groups excluding carboxylic acids is 1. The molecular formula is C18H35NaO3. The van der Waals surface area contributed by atoms with Gasteiger partial charge in [0, 0.05) is 12.4 Å². The summed E-state index contributed by atoms with van der Waals surface area (Å²) in [6, 6.07) is 0. The monoisotopic (exact) mass is 322 g/mol. The van der Waals surface area contributed by atoms with Crippen LogP contribution in [0.4, 0.5) is 0 Å². The summed E-state index contributed by atoms with van der Waals surface area (Å²) in [4.78, 5) is 10.3. The Morgan fingerprint density at radius 1 is 0.818 bits per heavy atom. The molecule has 1 unspecified atom stereocenters. The van der Waals surface area contributed by atoms with Gasteiger partial charge in [0.1, 0.15) is 0 Å². The van der Waals surface area contributed by atoms with E-state index in [0.29, 0.717) is 6.42 Å². The van der Waals surface area contributed by atoms with Crippen molar-refractivity contribution in [2.24, 2.45) is 0 Å². The number of carboxylic acid groups (broad SMARTS) is 1. The second-order valence-corrected chi connectivity index (χ2v) is 6.26. The van der Waals surface area contributed by atoms with Crippen molar-refractivity contribution in [1.82, 2.24) is 0 Å². The largest absolute Gasteiger partial charge is 1.00 e. The van der Waals surface area contributed by atoms with Crippen molar-refractivity contribution in [2.75, 3.05) is 0 Å². The van der Waals surface area contributed by atoms with Gasteiger partial charge in [0.05, 0.1) is 6.10 Å². The van der Waals surface area contributed by atoms with E-state index in [4.69, 9.17) is 0 Å². The summed E-state index contributed by atoms with van der Waals surface area (Å²) in [7, 11) is 0. The molecule has 126 valence electrons. The van der Waals surface area contributed by atoms with Gasteiger partial charge in [0.25, 0.3) is 0 Å². The summed E-state index contributed by atoms with van der Waals surface area (Å²) in [6.45, 7) is 2.25. The molecule has 0 fully saturated rings. The molecule has 22 heavy (non-hydrogen) atoms. The molecule has 0 spiro atoms. The molecule has 0 radical (unpaired) electrons. The van der Waals surface area contributed by atoms with Crippen molar-refractivity contribution in [3.05, 3.63) is 0 Å². The Hall–Kier alpha value is 0.430. The number of rotatable bonds is 16. The van der Waals surface area contributed by atoms with Gasteiger partial charge in [-0.25, -0.2) is 0 Å². The third-order valence-corrected chi connectivity index (χ3v) is 4.04. The van der Waals surface area contributed by atoms with Crippen LogP contribution in [0, 0.1) is 0 Å². The molecule has 0 bridgehead atoms. The standard InChI is InChI=1S/C18H36O3.Na/c1-2-3-4-5-6-7-8-9-10-11-12-13-14-15-17(19)16-18(20)21;/h17,19H,2-16H2,1H3,(H,20,21);/q;+1/p-1. The van der Waals surface area contributed by atoms with E-state index in [1.54, 1.807) is 0 Å². The minimum absolute atomic E-state index is 0. The maximum Gasteiger partial charge on any atom is 1.00 e. The van der Waals surface area contributed by atoms with Gasteiger partial charge in [-0.05, 0) is 6.42 Å². The van der Waals surface area contributed by atoms with E-state index in [1.807, 2.05) is 0 Å². The zero-order valence-electron chi connectivity index (χ0n) is 14.9. The Morgan fingerprint density at radius 2 is 1.18 bits per heavy atom. The van der Waals surface area contributed by atoms with Crippen LogP contribution in [0.5, 0.6) is 0 Å². The SMILES string of the molecule is CCCCCCCCCCCCCCCC(O)CC(=O)[O-].[Na+]. The third-order valence-electron chi connectivity index (χ3n) is 4.04. The van der Waals surface area contributed by atoms with Crippen molar-refractivity contribution >= 4 is 5.97 Å². The minimum Gasteiger partial charge on any atom is -0.550 e. The number of carbonyl (C=O) groups is 1. The van der Waals surface area contributed by atoms with Gasteiger partial charge in [-0.2, -0.15) is 0 Å². The molecule has 0 saturated carbocycles. The maximum absolute atomic E-state index is 10.3. The minimum atomic E-state index is -1.16. The van der Waals surface area contributed by atoms with Crippen LogP contribution in [0.15, 0.2) is 0 Å².